The molecule has 0 saturated heterocycles. The lowest BCUT2D eigenvalue weighted by Crippen LogP contribution is -2.47. The zero-order chi connectivity index (χ0) is 15.3. The van der Waals surface area contributed by atoms with E-state index in [4.69, 9.17) is 10.8 Å². The number of aromatic carboxylic acids is 1. The number of carbonyl (C=O) groups excluding carboxylic acids is 2. The molecule has 0 aliphatic rings. The number of benzene rings is 1. The molecule has 0 unspecified atom stereocenters. The molecule has 0 atom stereocenters. The fraction of sp³-hybridized carbons (Fsp3) is 0.308. The number of anilines is 1. The van der Waals surface area contributed by atoms with Crippen LogP contribution in [0.1, 0.15) is 30.6 Å². The van der Waals surface area contributed by atoms with E-state index in [2.05, 4.69) is 10.6 Å². The van der Waals surface area contributed by atoms with Gasteiger partial charge in [0.05, 0.1) is 11.3 Å². The third kappa shape index (κ3) is 4.60. The average molecular weight is 279 g/mol. The van der Waals surface area contributed by atoms with E-state index in [1.165, 1.54) is 12.1 Å². The van der Waals surface area contributed by atoms with Crippen molar-refractivity contribution >= 4 is 23.6 Å². The number of urea groups is 1. The Hall–Kier alpha value is -2.57. The topological polar surface area (TPSA) is 122 Å². The molecule has 3 amide bonds. The molecule has 0 saturated carbocycles. The van der Waals surface area contributed by atoms with Crippen LogP contribution >= 0.6 is 0 Å². The highest BCUT2D eigenvalue weighted by Gasteiger charge is 2.23. The number of amides is 3. The van der Waals surface area contributed by atoms with Crippen molar-refractivity contribution in [3.05, 3.63) is 29.8 Å². The molecule has 1 aromatic rings. The van der Waals surface area contributed by atoms with Crippen LogP contribution in [-0.2, 0) is 4.79 Å². The molecule has 0 aromatic heterocycles. The zero-order valence-corrected chi connectivity index (χ0v) is 11.3. The standard InChI is InChI=1S/C13H17N3O4/c1-13(2,7-10(14)17)16-12(20)15-9-6-4-3-5-8(9)11(18)19/h3-6H,7H2,1-2H3,(H2,14,17)(H,18,19)(H2,15,16,20). The predicted molar refractivity (Wildman–Crippen MR) is 73.4 cm³/mol. The first-order chi connectivity index (χ1) is 9.21. The maximum atomic E-state index is 11.8. The zero-order valence-electron chi connectivity index (χ0n) is 11.3. The second-order valence-electron chi connectivity index (χ2n) is 4.96. The number of rotatable bonds is 5. The molecule has 1 aromatic carbocycles. The smallest absolute Gasteiger partial charge is 0.337 e. The molecule has 0 aliphatic carbocycles. The minimum absolute atomic E-state index is 0.0182. The number of carboxylic acids is 1. The van der Waals surface area contributed by atoms with Crippen molar-refractivity contribution in [1.29, 1.82) is 0 Å². The number of hydrogen-bond donors (Lipinski definition) is 4. The van der Waals surface area contributed by atoms with E-state index in [0.717, 1.165) is 0 Å². The van der Waals surface area contributed by atoms with Gasteiger partial charge in [0.25, 0.3) is 0 Å². The third-order valence-corrected chi connectivity index (χ3v) is 2.47. The monoisotopic (exact) mass is 279 g/mol. The molecular weight excluding hydrogens is 262 g/mol. The van der Waals surface area contributed by atoms with E-state index in [-0.39, 0.29) is 17.7 Å². The Morgan fingerprint density at radius 2 is 1.85 bits per heavy atom. The molecule has 0 radical (unpaired) electrons. The third-order valence-electron chi connectivity index (χ3n) is 2.47. The summed E-state index contributed by atoms with van der Waals surface area (Å²) in [6, 6.07) is 5.42. The van der Waals surface area contributed by atoms with E-state index in [1.807, 2.05) is 0 Å². The summed E-state index contributed by atoms with van der Waals surface area (Å²) in [4.78, 5) is 33.7. The molecular formula is C13H17N3O4. The first-order valence-corrected chi connectivity index (χ1v) is 5.91. The van der Waals surface area contributed by atoms with Crippen molar-refractivity contribution in [3.63, 3.8) is 0 Å². The second-order valence-corrected chi connectivity index (χ2v) is 4.96. The van der Waals surface area contributed by atoms with Crippen LogP contribution in [0.5, 0.6) is 0 Å². The van der Waals surface area contributed by atoms with Gasteiger partial charge in [-0.2, -0.15) is 0 Å². The largest absolute Gasteiger partial charge is 0.478 e. The number of carbonyl (C=O) groups is 3. The molecule has 108 valence electrons. The van der Waals surface area contributed by atoms with E-state index >= 15 is 0 Å². The van der Waals surface area contributed by atoms with E-state index in [0.29, 0.717) is 0 Å². The van der Waals surface area contributed by atoms with Gasteiger partial charge in [-0.1, -0.05) is 12.1 Å². The summed E-state index contributed by atoms with van der Waals surface area (Å²) >= 11 is 0. The Morgan fingerprint density at radius 1 is 1.25 bits per heavy atom. The summed E-state index contributed by atoms with van der Waals surface area (Å²) in [7, 11) is 0. The Balaban J connectivity index is 2.77. The van der Waals surface area contributed by atoms with Gasteiger partial charge in [-0.3, -0.25) is 4.79 Å². The van der Waals surface area contributed by atoms with Crippen molar-refractivity contribution in [1.82, 2.24) is 5.32 Å². The molecule has 0 heterocycles. The van der Waals surface area contributed by atoms with Crippen LogP contribution in [0.15, 0.2) is 24.3 Å². The molecule has 0 fully saturated rings. The summed E-state index contributed by atoms with van der Waals surface area (Å²) < 4.78 is 0. The Morgan fingerprint density at radius 3 is 2.40 bits per heavy atom. The lowest BCUT2D eigenvalue weighted by molar-refractivity contribution is -0.119. The van der Waals surface area contributed by atoms with Gasteiger partial charge in [-0.25, -0.2) is 9.59 Å². The summed E-state index contributed by atoms with van der Waals surface area (Å²) in [6.45, 7) is 3.28. The molecule has 0 spiro atoms. The van der Waals surface area contributed by atoms with Gasteiger partial charge in [0.2, 0.25) is 5.91 Å². The normalized spacial score (nSPS) is 10.7. The average Bonchev–Trinajstić information content (AvgIpc) is 2.26. The first kappa shape index (κ1) is 15.5. The lowest BCUT2D eigenvalue weighted by atomic mass is 10.0. The summed E-state index contributed by atoms with van der Waals surface area (Å²) in [5, 5.41) is 14.0. The maximum absolute atomic E-state index is 11.8. The van der Waals surface area contributed by atoms with Crippen LogP contribution < -0.4 is 16.4 Å². The van der Waals surface area contributed by atoms with Gasteiger partial charge in [0.15, 0.2) is 0 Å². The van der Waals surface area contributed by atoms with Gasteiger partial charge in [0.1, 0.15) is 0 Å². The van der Waals surface area contributed by atoms with Crippen LogP contribution in [0.3, 0.4) is 0 Å². The van der Waals surface area contributed by atoms with Crippen LogP contribution in [0, 0.1) is 0 Å². The van der Waals surface area contributed by atoms with Crippen molar-refractivity contribution in [2.45, 2.75) is 25.8 Å². The fourth-order valence-electron chi connectivity index (χ4n) is 1.72. The highest BCUT2D eigenvalue weighted by molar-refractivity contribution is 6.00. The first-order valence-electron chi connectivity index (χ1n) is 5.91. The lowest BCUT2D eigenvalue weighted by Gasteiger charge is -2.25. The number of nitrogens with one attached hydrogen (secondary N) is 2. The summed E-state index contributed by atoms with van der Waals surface area (Å²) in [5.41, 5.74) is 4.41. The number of primary amides is 1. The highest BCUT2D eigenvalue weighted by atomic mass is 16.4. The van der Waals surface area contributed by atoms with Crippen molar-refractivity contribution < 1.29 is 19.5 Å². The molecule has 1 rings (SSSR count). The van der Waals surface area contributed by atoms with Gasteiger partial charge in [-0.15, -0.1) is 0 Å². The van der Waals surface area contributed by atoms with Gasteiger partial charge < -0.3 is 21.5 Å². The maximum Gasteiger partial charge on any atom is 0.337 e. The number of para-hydroxylation sites is 1. The van der Waals surface area contributed by atoms with E-state index in [9.17, 15) is 14.4 Å². The van der Waals surface area contributed by atoms with Gasteiger partial charge in [0, 0.05) is 12.0 Å². The summed E-state index contributed by atoms with van der Waals surface area (Å²) in [6.07, 6.45) is -0.0268. The number of hydrogen-bond acceptors (Lipinski definition) is 3. The van der Waals surface area contributed by atoms with E-state index in [1.54, 1.807) is 26.0 Å². The molecule has 7 nitrogen and oxygen atoms in total. The molecule has 0 aliphatic heterocycles. The minimum atomic E-state index is -1.14. The molecule has 7 heteroatoms. The van der Waals surface area contributed by atoms with Crippen LogP contribution in [0.25, 0.3) is 0 Å². The predicted octanol–water partition coefficient (Wildman–Crippen LogP) is 1.16. The Kier molecular flexibility index (Phi) is 4.68. The highest BCUT2D eigenvalue weighted by Crippen LogP contribution is 2.15. The second kappa shape index (κ2) is 6.05. The van der Waals surface area contributed by atoms with Gasteiger partial charge in [-0.05, 0) is 26.0 Å². The van der Waals surface area contributed by atoms with Crippen molar-refractivity contribution in [2.24, 2.45) is 5.73 Å². The number of nitrogens with two attached hydrogens (primary N) is 1. The van der Waals surface area contributed by atoms with Crippen LogP contribution in [0.4, 0.5) is 10.5 Å². The fourth-order valence-corrected chi connectivity index (χ4v) is 1.72. The van der Waals surface area contributed by atoms with Crippen LogP contribution in [0.2, 0.25) is 0 Å². The van der Waals surface area contributed by atoms with Gasteiger partial charge >= 0.3 is 12.0 Å². The number of carboxylic acid groups (broad SMARTS) is 1. The van der Waals surface area contributed by atoms with Crippen LogP contribution in [-0.4, -0.2) is 28.6 Å². The summed E-state index contributed by atoms with van der Waals surface area (Å²) in [5.74, 6) is -1.68. The van der Waals surface area contributed by atoms with Crippen molar-refractivity contribution in [2.75, 3.05) is 5.32 Å². The van der Waals surface area contributed by atoms with Crippen molar-refractivity contribution in [3.8, 4) is 0 Å². The Labute approximate surface area is 116 Å². The Bertz CT molecular complexity index is 540. The molecule has 5 N–H and O–H groups in total. The SMILES string of the molecule is CC(C)(CC(N)=O)NC(=O)Nc1ccccc1C(=O)O. The minimum Gasteiger partial charge on any atom is -0.478 e. The van der Waals surface area contributed by atoms with E-state index < -0.39 is 23.4 Å². The molecule has 20 heavy (non-hydrogen) atoms. The molecule has 0 bridgehead atoms. The quantitative estimate of drug-likeness (QED) is 0.646.